The van der Waals surface area contributed by atoms with Gasteiger partial charge in [-0.15, -0.1) is 0 Å². The topological polar surface area (TPSA) is 74.6 Å². The molecule has 2 N–H and O–H groups in total. The first kappa shape index (κ1) is 19.8. The second-order valence-corrected chi connectivity index (χ2v) is 1.92. The number of hydrogen-bond acceptors (Lipinski definition) is 2. The number of aliphatic carboxylic acids is 2. The van der Waals surface area contributed by atoms with Gasteiger partial charge in [0.2, 0.25) is 12.3 Å². The Hall–Kier alpha value is -0.717. The first-order valence-corrected chi connectivity index (χ1v) is 3.22. The van der Waals surface area contributed by atoms with Gasteiger partial charge in [0, 0.05) is 19.5 Å². The summed E-state index contributed by atoms with van der Waals surface area (Å²) in [6.07, 6.45) is -4.69. The Morgan fingerprint density at radius 1 is 0.933 bits per heavy atom. The average molecular weight is 286 g/mol. The van der Waals surface area contributed by atoms with Crippen LogP contribution in [0.25, 0.3) is 0 Å². The van der Waals surface area contributed by atoms with E-state index in [1.165, 1.54) is 0 Å². The Labute approximate surface area is 95.0 Å². The van der Waals surface area contributed by atoms with E-state index in [1.807, 2.05) is 0 Å². The van der Waals surface area contributed by atoms with Crippen molar-refractivity contribution in [2.75, 3.05) is 13.3 Å². The fourth-order valence-corrected chi connectivity index (χ4v) is 0.132. The molecule has 0 aliphatic rings. The number of carboxylic acid groups (broad SMARTS) is 2. The molecule has 0 heterocycles. The van der Waals surface area contributed by atoms with Crippen LogP contribution < -0.4 is 0 Å². The summed E-state index contributed by atoms with van der Waals surface area (Å²) < 4.78 is 44.3. The van der Waals surface area contributed by atoms with Crippen molar-refractivity contribution >= 4 is 11.9 Å². The number of rotatable bonds is 4. The van der Waals surface area contributed by atoms with Gasteiger partial charge >= 0.3 is 11.9 Å². The second-order valence-electron chi connectivity index (χ2n) is 1.92. The van der Waals surface area contributed by atoms with E-state index < -0.39 is 37.6 Å². The van der Waals surface area contributed by atoms with Crippen LogP contribution in [-0.2, 0) is 29.1 Å². The molecule has 4 nitrogen and oxygen atoms in total. The number of carbonyl (C=O) groups is 2. The molecule has 0 radical (unpaired) electrons. The molecule has 0 aliphatic carbocycles. The standard InChI is InChI=1S/2C3H4F2O2.Zn/c2*4-1-2(5)3(6)7;/h2*2H,1H2,(H,6,7);. The molecule has 0 saturated carbocycles. The molecule has 0 fully saturated rings. The quantitative estimate of drug-likeness (QED) is 0.590. The maximum absolute atomic E-state index is 11.3. The van der Waals surface area contributed by atoms with Gasteiger partial charge in [-0.05, 0) is 0 Å². The van der Waals surface area contributed by atoms with Crippen molar-refractivity contribution < 1.29 is 56.8 Å². The fourth-order valence-electron chi connectivity index (χ4n) is 0.132. The van der Waals surface area contributed by atoms with Crippen molar-refractivity contribution in [2.45, 2.75) is 12.3 Å². The second kappa shape index (κ2) is 11.4. The first-order chi connectivity index (χ1) is 6.36. The van der Waals surface area contributed by atoms with E-state index in [9.17, 15) is 27.2 Å². The van der Waals surface area contributed by atoms with Gasteiger partial charge in [0.25, 0.3) is 0 Å². The molecular weight excluding hydrogens is 277 g/mol. The molecule has 0 amide bonds. The smallest absolute Gasteiger partial charge is 0.341 e. The van der Waals surface area contributed by atoms with Gasteiger partial charge in [0.05, 0.1) is 0 Å². The summed E-state index contributed by atoms with van der Waals surface area (Å²) in [4.78, 5) is 18.6. The summed E-state index contributed by atoms with van der Waals surface area (Å²) in [6, 6.07) is 0. The molecule has 0 aromatic rings. The van der Waals surface area contributed by atoms with Crippen LogP contribution in [0.15, 0.2) is 0 Å². The molecule has 0 aliphatic heterocycles. The van der Waals surface area contributed by atoms with Crippen molar-refractivity contribution in [3.05, 3.63) is 0 Å². The molecule has 0 rings (SSSR count). The zero-order valence-electron chi connectivity index (χ0n) is 7.50. The van der Waals surface area contributed by atoms with E-state index in [0.29, 0.717) is 0 Å². The van der Waals surface area contributed by atoms with E-state index in [1.54, 1.807) is 0 Å². The largest absolute Gasteiger partial charge is 0.479 e. The Morgan fingerprint density at radius 3 is 1.13 bits per heavy atom. The van der Waals surface area contributed by atoms with Crippen LogP contribution in [0.5, 0.6) is 0 Å². The van der Waals surface area contributed by atoms with Gasteiger partial charge in [-0.2, -0.15) is 0 Å². The predicted octanol–water partition coefficient (Wildman–Crippen LogP) is 0.755. The van der Waals surface area contributed by atoms with Gasteiger partial charge in [0.1, 0.15) is 13.3 Å². The van der Waals surface area contributed by atoms with Crippen LogP contribution in [0.4, 0.5) is 17.6 Å². The summed E-state index contributed by atoms with van der Waals surface area (Å²) in [5, 5.41) is 15.1. The van der Waals surface area contributed by atoms with Crippen molar-refractivity contribution in [2.24, 2.45) is 0 Å². The number of halogens is 4. The minimum atomic E-state index is -2.35. The molecule has 0 spiro atoms. The molecule has 2 unspecified atom stereocenters. The van der Waals surface area contributed by atoms with Crippen molar-refractivity contribution in [1.29, 1.82) is 0 Å². The predicted molar refractivity (Wildman–Crippen MR) is 37.0 cm³/mol. The van der Waals surface area contributed by atoms with Crippen LogP contribution >= 0.6 is 0 Å². The molecule has 15 heavy (non-hydrogen) atoms. The fraction of sp³-hybridized carbons (Fsp3) is 0.667. The Morgan fingerprint density at radius 2 is 1.13 bits per heavy atom. The third-order valence-electron chi connectivity index (χ3n) is 0.807. The summed E-state index contributed by atoms with van der Waals surface area (Å²) in [7, 11) is 0. The molecule has 0 bridgehead atoms. The SMILES string of the molecule is O=C(O)C(F)CF.O=C(O)C(F)CF.[Zn]. The van der Waals surface area contributed by atoms with E-state index in [4.69, 9.17) is 10.2 Å². The van der Waals surface area contributed by atoms with Crippen LogP contribution in [0, 0.1) is 0 Å². The van der Waals surface area contributed by atoms with Crippen LogP contribution in [0.3, 0.4) is 0 Å². The Balaban J connectivity index is -0.000000180. The van der Waals surface area contributed by atoms with Crippen molar-refractivity contribution in [3.63, 3.8) is 0 Å². The zero-order chi connectivity index (χ0) is 11.7. The third-order valence-corrected chi connectivity index (χ3v) is 0.807. The Kier molecular flexibility index (Phi) is 15.0. The van der Waals surface area contributed by atoms with Crippen molar-refractivity contribution in [1.82, 2.24) is 0 Å². The number of hydrogen-bond donors (Lipinski definition) is 2. The minimum Gasteiger partial charge on any atom is -0.479 e. The molecule has 86 valence electrons. The zero-order valence-corrected chi connectivity index (χ0v) is 10.5. The Bertz CT molecular complexity index is 172. The average Bonchev–Trinajstić information content (AvgIpc) is 2.15. The van der Waals surface area contributed by atoms with Crippen LogP contribution in [0.2, 0.25) is 0 Å². The molecular formula is C6H8F4O4Zn. The van der Waals surface area contributed by atoms with Crippen LogP contribution in [0.1, 0.15) is 0 Å². The van der Waals surface area contributed by atoms with E-state index >= 15 is 0 Å². The molecule has 9 heteroatoms. The minimum absolute atomic E-state index is 0. The van der Waals surface area contributed by atoms with E-state index in [0.717, 1.165) is 0 Å². The van der Waals surface area contributed by atoms with Gasteiger partial charge < -0.3 is 10.2 Å². The summed E-state index contributed by atoms with van der Waals surface area (Å²) >= 11 is 0. The third kappa shape index (κ3) is 13.3. The molecule has 0 aromatic carbocycles. The van der Waals surface area contributed by atoms with Crippen LogP contribution in [-0.4, -0.2) is 47.8 Å². The van der Waals surface area contributed by atoms with E-state index in [2.05, 4.69) is 0 Å². The van der Waals surface area contributed by atoms with E-state index in [-0.39, 0.29) is 19.5 Å². The molecule has 2 atom stereocenters. The summed E-state index contributed by atoms with van der Waals surface area (Å²) in [5.41, 5.74) is 0. The summed E-state index contributed by atoms with van der Waals surface area (Å²) in [6.45, 7) is -2.90. The van der Waals surface area contributed by atoms with Crippen molar-refractivity contribution in [3.8, 4) is 0 Å². The number of alkyl halides is 4. The van der Waals surface area contributed by atoms with Gasteiger partial charge in [-0.1, -0.05) is 0 Å². The number of carboxylic acids is 2. The maximum Gasteiger partial charge on any atom is 0.341 e. The maximum atomic E-state index is 11.3. The monoisotopic (exact) mass is 284 g/mol. The normalized spacial score (nSPS) is 12.5. The molecule has 0 aromatic heterocycles. The van der Waals surface area contributed by atoms with Gasteiger partial charge in [0.15, 0.2) is 0 Å². The van der Waals surface area contributed by atoms with Gasteiger partial charge in [-0.25, -0.2) is 27.2 Å². The first-order valence-electron chi connectivity index (χ1n) is 3.22. The van der Waals surface area contributed by atoms with Gasteiger partial charge in [-0.3, -0.25) is 0 Å². The summed E-state index contributed by atoms with van der Waals surface area (Å²) in [5.74, 6) is -3.50. The molecule has 0 saturated heterocycles.